The number of nitrogens with one attached hydrogen (secondary N) is 1. The lowest BCUT2D eigenvalue weighted by Crippen LogP contribution is -2.25. The van der Waals surface area contributed by atoms with Crippen LogP contribution < -0.4 is 10.2 Å². The molecule has 0 radical (unpaired) electrons. The van der Waals surface area contributed by atoms with Crippen molar-refractivity contribution in [3.05, 3.63) is 82.9 Å². The molecule has 0 atom stereocenters. The van der Waals surface area contributed by atoms with Crippen LogP contribution in [0.5, 0.6) is 0 Å². The van der Waals surface area contributed by atoms with Crippen LogP contribution in [0.15, 0.2) is 48.8 Å². The van der Waals surface area contributed by atoms with Gasteiger partial charge in [0, 0.05) is 36.7 Å². The van der Waals surface area contributed by atoms with E-state index < -0.39 is 0 Å². The van der Waals surface area contributed by atoms with Crippen LogP contribution in [0, 0.1) is 19.7 Å². The van der Waals surface area contributed by atoms with Crippen LogP contribution in [-0.4, -0.2) is 38.3 Å². The fraction of sp³-hybridized carbons (Fsp3) is 0.308. The predicted octanol–water partition coefficient (Wildman–Crippen LogP) is 4.88. The van der Waals surface area contributed by atoms with E-state index in [1.165, 1.54) is 12.1 Å². The summed E-state index contributed by atoms with van der Waals surface area (Å²) in [5.74, 6) is 2.93. The predicted molar refractivity (Wildman–Crippen MR) is 132 cm³/mol. The van der Waals surface area contributed by atoms with Gasteiger partial charge >= 0.3 is 0 Å². The lowest BCUT2D eigenvalue weighted by Gasteiger charge is -2.21. The van der Waals surface area contributed by atoms with Crippen molar-refractivity contribution in [2.75, 3.05) is 23.8 Å². The minimum Gasteiger partial charge on any atom is -0.373 e. The number of aryl methyl sites for hydroxylation is 2. The molecule has 0 fully saturated rings. The topological polar surface area (TPSA) is 71.8 Å². The van der Waals surface area contributed by atoms with Gasteiger partial charge in [-0.3, -0.25) is 0 Å². The Labute approximate surface area is 198 Å². The summed E-state index contributed by atoms with van der Waals surface area (Å²) in [4.78, 5) is 16.3. The Morgan fingerprint density at radius 3 is 2.47 bits per heavy atom. The van der Waals surface area contributed by atoms with Crippen molar-refractivity contribution in [1.82, 2.24) is 24.7 Å². The van der Waals surface area contributed by atoms with E-state index in [9.17, 15) is 4.39 Å². The van der Waals surface area contributed by atoms with Gasteiger partial charge in [0.15, 0.2) is 0 Å². The van der Waals surface area contributed by atoms with Crippen LogP contribution in [0.2, 0.25) is 0 Å². The van der Waals surface area contributed by atoms with E-state index in [0.717, 1.165) is 57.9 Å². The molecule has 1 N–H and O–H groups in total. The molecule has 0 aliphatic carbocycles. The van der Waals surface area contributed by atoms with Gasteiger partial charge in [0.2, 0.25) is 0 Å². The first-order valence-electron chi connectivity index (χ1n) is 11.4. The maximum Gasteiger partial charge on any atom is 0.147 e. The van der Waals surface area contributed by atoms with Crippen LogP contribution in [0.3, 0.4) is 0 Å². The Bertz CT molecular complexity index is 1360. The molecule has 5 rings (SSSR count). The highest BCUT2D eigenvalue weighted by Gasteiger charge is 2.40. The summed E-state index contributed by atoms with van der Waals surface area (Å²) in [7, 11) is 1.89. The maximum atomic E-state index is 13.6. The number of rotatable bonds is 5. The number of hydrogen-bond acceptors (Lipinski definition) is 6. The molecule has 0 bridgehead atoms. The molecule has 0 spiro atoms. The van der Waals surface area contributed by atoms with Crippen LogP contribution in [0.1, 0.15) is 42.2 Å². The second kappa shape index (κ2) is 8.20. The summed E-state index contributed by atoms with van der Waals surface area (Å²) in [6.07, 6.45) is 2.32. The number of halogens is 1. The van der Waals surface area contributed by atoms with Crippen LogP contribution in [-0.2, 0) is 11.8 Å². The first-order chi connectivity index (χ1) is 16.2. The number of hydrogen-bond donors (Lipinski definition) is 1. The largest absolute Gasteiger partial charge is 0.373 e. The zero-order chi connectivity index (χ0) is 24.0. The molecular formula is C26H28FN7. The average Bonchev–Trinajstić information content (AvgIpc) is 3.34. The van der Waals surface area contributed by atoms with E-state index in [-0.39, 0.29) is 11.2 Å². The molecule has 0 saturated carbocycles. The number of fused-ring (bicyclic) bond motifs is 1. The van der Waals surface area contributed by atoms with Crippen molar-refractivity contribution >= 4 is 17.3 Å². The molecule has 4 aromatic rings. The minimum absolute atomic E-state index is 0.158. The first-order valence-corrected chi connectivity index (χ1v) is 11.4. The number of anilines is 3. The van der Waals surface area contributed by atoms with Crippen molar-refractivity contribution in [2.45, 2.75) is 39.5 Å². The third-order valence-electron chi connectivity index (χ3n) is 6.27. The Morgan fingerprint density at radius 1 is 1.06 bits per heavy atom. The standard InChI is InChI=1S/C26H28FN7/c1-16-12-18(6-11-21(16)34-15-29-17(2)32-34)13-22-30-24(28-5)23-25(31-22)33(14-26(23,3)4)20-9-7-19(27)8-10-20/h6-12,15H,13-14H2,1-5H3,(H,28,30,31). The van der Waals surface area contributed by atoms with Gasteiger partial charge in [-0.1, -0.05) is 26.0 Å². The molecule has 8 heteroatoms. The molecule has 0 unspecified atom stereocenters. The van der Waals surface area contributed by atoms with Gasteiger partial charge in [-0.15, -0.1) is 0 Å². The number of nitrogens with zero attached hydrogens (tertiary/aromatic N) is 6. The molecule has 0 amide bonds. The minimum atomic E-state index is -0.249. The first kappa shape index (κ1) is 22.0. The van der Waals surface area contributed by atoms with Crippen LogP contribution >= 0.6 is 0 Å². The monoisotopic (exact) mass is 457 g/mol. The maximum absolute atomic E-state index is 13.6. The van der Waals surface area contributed by atoms with E-state index in [1.807, 2.05) is 14.0 Å². The quantitative estimate of drug-likeness (QED) is 0.461. The van der Waals surface area contributed by atoms with Gasteiger partial charge in [0.05, 0.1) is 5.69 Å². The summed E-state index contributed by atoms with van der Waals surface area (Å²) in [5, 5.41) is 7.70. The second-order valence-corrected chi connectivity index (χ2v) is 9.42. The lowest BCUT2D eigenvalue weighted by molar-refractivity contribution is 0.568. The smallest absolute Gasteiger partial charge is 0.147 e. The van der Waals surface area contributed by atoms with Crippen molar-refractivity contribution in [3.63, 3.8) is 0 Å². The second-order valence-electron chi connectivity index (χ2n) is 9.42. The van der Waals surface area contributed by atoms with Gasteiger partial charge in [-0.05, 0) is 55.3 Å². The normalized spacial score (nSPS) is 14.4. The zero-order valence-corrected chi connectivity index (χ0v) is 20.1. The van der Waals surface area contributed by atoms with Gasteiger partial charge in [0.1, 0.15) is 35.4 Å². The summed E-state index contributed by atoms with van der Waals surface area (Å²) in [5.41, 5.74) is 5.06. The van der Waals surface area contributed by atoms with Gasteiger partial charge in [-0.2, -0.15) is 5.10 Å². The summed E-state index contributed by atoms with van der Waals surface area (Å²) in [6, 6.07) is 12.9. The average molecular weight is 458 g/mol. The van der Waals surface area contributed by atoms with E-state index in [4.69, 9.17) is 9.97 Å². The molecule has 34 heavy (non-hydrogen) atoms. The number of benzene rings is 2. The highest BCUT2D eigenvalue weighted by atomic mass is 19.1. The Balaban J connectivity index is 1.52. The van der Waals surface area contributed by atoms with Crippen LogP contribution in [0.25, 0.3) is 5.69 Å². The third-order valence-corrected chi connectivity index (χ3v) is 6.27. The third kappa shape index (κ3) is 3.89. The molecule has 1 aliphatic heterocycles. The Morgan fingerprint density at radius 2 is 1.82 bits per heavy atom. The number of aromatic nitrogens is 5. The van der Waals surface area contributed by atoms with E-state index in [2.05, 4.69) is 59.3 Å². The van der Waals surface area contributed by atoms with Gasteiger partial charge < -0.3 is 10.2 Å². The molecule has 2 aromatic heterocycles. The van der Waals surface area contributed by atoms with Crippen molar-refractivity contribution < 1.29 is 4.39 Å². The fourth-order valence-electron chi connectivity index (χ4n) is 4.69. The molecule has 0 saturated heterocycles. The molecule has 2 aromatic carbocycles. The molecular weight excluding hydrogens is 429 g/mol. The lowest BCUT2D eigenvalue weighted by atomic mass is 9.88. The van der Waals surface area contributed by atoms with Crippen molar-refractivity contribution in [1.29, 1.82) is 0 Å². The van der Waals surface area contributed by atoms with Crippen molar-refractivity contribution in [3.8, 4) is 5.69 Å². The molecule has 174 valence electrons. The highest BCUT2D eigenvalue weighted by molar-refractivity contribution is 5.74. The van der Waals surface area contributed by atoms with E-state index in [1.54, 1.807) is 23.1 Å². The highest BCUT2D eigenvalue weighted by Crippen LogP contribution is 2.46. The Hall–Kier alpha value is -3.81. The van der Waals surface area contributed by atoms with Gasteiger partial charge in [0.25, 0.3) is 0 Å². The SMILES string of the molecule is CNc1nc(Cc2ccc(-n3cnc(C)n3)c(C)c2)nc2c1C(C)(C)CN2c1ccc(F)cc1. The summed E-state index contributed by atoms with van der Waals surface area (Å²) < 4.78 is 15.3. The molecule has 7 nitrogen and oxygen atoms in total. The zero-order valence-electron chi connectivity index (χ0n) is 20.1. The molecule has 1 aliphatic rings. The van der Waals surface area contributed by atoms with E-state index in [0.29, 0.717) is 6.42 Å². The molecule has 3 heterocycles. The van der Waals surface area contributed by atoms with E-state index >= 15 is 0 Å². The fourth-order valence-corrected chi connectivity index (χ4v) is 4.69. The van der Waals surface area contributed by atoms with Gasteiger partial charge in [-0.25, -0.2) is 24.0 Å². The van der Waals surface area contributed by atoms with Crippen LogP contribution in [0.4, 0.5) is 21.7 Å². The Kier molecular flexibility index (Phi) is 5.31. The van der Waals surface area contributed by atoms with Crippen molar-refractivity contribution in [2.24, 2.45) is 0 Å². The summed E-state index contributed by atoms with van der Waals surface area (Å²) >= 11 is 0. The summed E-state index contributed by atoms with van der Waals surface area (Å²) in [6.45, 7) is 9.06.